The van der Waals surface area contributed by atoms with E-state index in [1.807, 2.05) is 0 Å². The molecule has 22 heavy (non-hydrogen) atoms. The molecule has 2 rings (SSSR count). The fraction of sp³-hybridized carbons (Fsp3) is 0.286. The number of fused-ring (bicyclic) bond motifs is 1. The second kappa shape index (κ2) is 6.25. The number of hydrogen-bond acceptors (Lipinski definition) is 4. The van der Waals surface area contributed by atoms with Crippen LogP contribution in [0.3, 0.4) is 0 Å². The van der Waals surface area contributed by atoms with Crippen LogP contribution in [0.4, 0.5) is 0 Å². The van der Waals surface area contributed by atoms with Crippen LogP contribution in [0.2, 0.25) is 0 Å². The summed E-state index contributed by atoms with van der Waals surface area (Å²) < 4.78 is 1.00. The predicted octanol–water partition coefficient (Wildman–Crippen LogP) is 0.205. The zero-order valence-electron chi connectivity index (χ0n) is 12.0. The van der Waals surface area contributed by atoms with E-state index >= 15 is 0 Å². The predicted molar refractivity (Wildman–Crippen MR) is 79.6 cm³/mol. The van der Waals surface area contributed by atoms with Crippen molar-refractivity contribution >= 4 is 22.8 Å². The summed E-state index contributed by atoms with van der Waals surface area (Å²) in [5.74, 6) is -1.13. The largest absolute Gasteiger partial charge is 0.805 e. The lowest BCUT2D eigenvalue weighted by Crippen LogP contribution is -2.37. The third-order valence-corrected chi connectivity index (χ3v) is 3.27. The van der Waals surface area contributed by atoms with Gasteiger partial charge in [0.15, 0.2) is 0 Å². The summed E-state index contributed by atoms with van der Waals surface area (Å²) in [6, 6.07) is 6.23. The first-order valence-electron chi connectivity index (χ1n) is 6.74. The number of nitrogens with two attached hydrogens (primary N) is 1. The highest BCUT2D eigenvalue weighted by Gasteiger charge is 2.26. The molecule has 8 nitrogen and oxygen atoms in total. The maximum atomic E-state index is 12.3. The van der Waals surface area contributed by atoms with E-state index in [0.717, 1.165) is 0 Å². The minimum atomic E-state index is -0.660. The van der Waals surface area contributed by atoms with Gasteiger partial charge in [0.05, 0.1) is 10.1 Å². The lowest BCUT2D eigenvalue weighted by atomic mass is 10.2. The number of amides is 2. The molecule has 3 N–H and O–H groups in total. The Kier molecular flexibility index (Phi) is 4.40. The third-order valence-electron chi connectivity index (χ3n) is 3.27. The number of hydrogen-bond donors (Lipinski definition) is 2. The van der Waals surface area contributed by atoms with Gasteiger partial charge >= 0.3 is 11.6 Å². The Balaban J connectivity index is 2.33. The standard InChI is InChI=1S/C14H16N4O4/c1-9-13(14(20)16-8-4-7-12(15)19)18(22)11-6-3-2-5-10(11)17(9)21/h2-3,5-6H,4,7-8H2,1H3,(H2,15,19)(H,16,20). The molecule has 2 aromatic rings. The SMILES string of the molecule is Cc1c(C(=O)NCCCC(N)=O)[n+](=O)c2ccccc2n1[O-]. The summed E-state index contributed by atoms with van der Waals surface area (Å²) in [4.78, 5) is 35.1. The molecule has 0 unspecified atom stereocenters. The van der Waals surface area contributed by atoms with E-state index in [1.54, 1.807) is 12.1 Å². The lowest BCUT2D eigenvalue weighted by molar-refractivity contribution is -0.468. The van der Waals surface area contributed by atoms with Gasteiger partial charge in [-0.25, -0.2) is 0 Å². The van der Waals surface area contributed by atoms with Crippen molar-refractivity contribution in [2.24, 2.45) is 5.73 Å². The minimum Gasteiger partial charge on any atom is -0.805 e. The molecule has 0 radical (unpaired) electrons. The van der Waals surface area contributed by atoms with Gasteiger partial charge in [0.2, 0.25) is 5.91 Å². The average Bonchev–Trinajstić information content (AvgIpc) is 2.49. The summed E-state index contributed by atoms with van der Waals surface area (Å²) in [5.41, 5.74) is 5.07. The van der Waals surface area contributed by atoms with Crippen LogP contribution in [-0.2, 0) is 4.79 Å². The zero-order chi connectivity index (χ0) is 16.3. The first kappa shape index (κ1) is 15.5. The fourth-order valence-corrected chi connectivity index (χ4v) is 2.16. The summed E-state index contributed by atoms with van der Waals surface area (Å²) >= 11 is 0. The number of nitrogens with one attached hydrogen (secondary N) is 1. The van der Waals surface area contributed by atoms with Gasteiger partial charge in [0.25, 0.3) is 5.52 Å². The number of carbonyl (C=O) groups is 2. The molecule has 0 fully saturated rings. The molecule has 0 bridgehead atoms. The average molecular weight is 304 g/mol. The van der Waals surface area contributed by atoms with Gasteiger partial charge < -0.3 is 21.0 Å². The number of primary amides is 1. The van der Waals surface area contributed by atoms with Gasteiger partial charge in [-0.3, -0.25) is 9.59 Å². The highest BCUT2D eigenvalue weighted by molar-refractivity contribution is 5.93. The molecule has 0 saturated carbocycles. The molecule has 1 aromatic carbocycles. The highest BCUT2D eigenvalue weighted by Crippen LogP contribution is 2.13. The van der Waals surface area contributed by atoms with Gasteiger partial charge in [-0.1, -0.05) is 12.1 Å². The molecule has 0 saturated heterocycles. The summed E-state index contributed by atoms with van der Waals surface area (Å²) in [6.45, 7) is 1.60. The molecule has 2 amide bonds. The Morgan fingerprint density at radius 1 is 1.36 bits per heavy atom. The third kappa shape index (κ3) is 2.90. The molecule has 0 spiro atoms. The maximum Gasteiger partial charge on any atom is 0.346 e. The second-order valence-electron chi connectivity index (χ2n) is 4.84. The quantitative estimate of drug-likeness (QED) is 0.605. The lowest BCUT2D eigenvalue weighted by Gasteiger charge is -2.16. The normalized spacial score (nSPS) is 10.6. The maximum absolute atomic E-state index is 12.3. The summed E-state index contributed by atoms with van der Waals surface area (Å²) in [7, 11) is 0. The highest BCUT2D eigenvalue weighted by atomic mass is 16.5. The molecule has 1 heterocycles. The van der Waals surface area contributed by atoms with Crippen molar-refractivity contribution in [3.63, 3.8) is 0 Å². The molecule has 0 atom stereocenters. The van der Waals surface area contributed by atoms with Crippen molar-refractivity contribution in [2.75, 3.05) is 6.54 Å². The van der Waals surface area contributed by atoms with E-state index in [4.69, 9.17) is 5.73 Å². The number of nitrogens with zero attached hydrogens (tertiary/aromatic N) is 2. The summed E-state index contributed by atoms with van der Waals surface area (Å²) in [6.07, 6.45) is 0.500. The number of benzene rings is 1. The topological polar surface area (TPSA) is 123 Å². The van der Waals surface area contributed by atoms with E-state index in [9.17, 15) is 19.7 Å². The van der Waals surface area contributed by atoms with Crippen molar-refractivity contribution < 1.29 is 14.0 Å². The smallest absolute Gasteiger partial charge is 0.346 e. The molecule has 0 aliphatic rings. The molecular weight excluding hydrogens is 288 g/mol. The van der Waals surface area contributed by atoms with Crippen molar-refractivity contribution in [2.45, 2.75) is 19.8 Å². The summed E-state index contributed by atoms with van der Waals surface area (Å²) in [5, 5.41) is 14.7. The Morgan fingerprint density at radius 2 is 2.05 bits per heavy atom. The molecule has 0 aliphatic carbocycles. The van der Waals surface area contributed by atoms with Gasteiger partial charge in [0.1, 0.15) is 5.52 Å². The van der Waals surface area contributed by atoms with Crippen LogP contribution in [0.15, 0.2) is 24.3 Å². The number of carbonyl (C=O) groups excluding carboxylic acids is 2. The van der Waals surface area contributed by atoms with E-state index in [2.05, 4.69) is 5.32 Å². The van der Waals surface area contributed by atoms with Crippen LogP contribution in [0, 0.1) is 17.0 Å². The van der Waals surface area contributed by atoms with Crippen molar-refractivity contribution in [1.29, 1.82) is 0 Å². The fourth-order valence-electron chi connectivity index (χ4n) is 2.16. The Labute approximate surface area is 125 Å². The molecule has 116 valence electrons. The van der Waals surface area contributed by atoms with Gasteiger partial charge in [0, 0.05) is 23.9 Å². The van der Waals surface area contributed by atoms with E-state index in [0.29, 0.717) is 15.6 Å². The molecule has 0 aliphatic heterocycles. The van der Waals surface area contributed by atoms with Crippen LogP contribution in [0.25, 0.3) is 11.0 Å². The van der Waals surface area contributed by atoms with Crippen LogP contribution in [-0.4, -0.2) is 23.1 Å². The molecule has 1 aromatic heterocycles. The number of rotatable bonds is 5. The van der Waals surface area contributed by atoms with Crippen LogP contribution in [0.5, 0.6) is 0 Å². The monoisotopic (exact) mass is 304 g/mol. The Hall–Kier alpha value is -2.90. The zero-order valence-corrected chi connectivity index (χ0v) is 12.0. The Bertz CT molecular complexity index is 797. The first-order valence-corrected chi connectivity index (χ1v) is 6.74. The van der Waals surface area contributed by atoms with Gasteiger partial charge in [-0.2, -0.15) is 0 Å². The van der Waals surface area contributed by atoms with Crippen molar-refractivity contribution in [3.05, 3.63) is 45.8 Å². The minimum absolute atomic E-state index is 0.0149. The van der Waals surface area contributed by atoms with E-state index in [1.165, 1.54) is 19.1 Å². The van der Waals surface area contributed by atoms with Crippen LogP contribution >= 0.6 is 0 Å². The van der Waals surface area contributed by atoms with E-state index < -0.39 is 11.8 Å². The number of aromatic nitrogens is 2. The molecular formula is C14H16N4O4. The van der Waals surface area contributed by atoms with Gasteiger partial charge in [-0.15, -0.1) is 0 Å². The first-order chi connectivity index (χ1) is 10.4. The number of para-hydroxylation sites is 2. The van der Waals surface area contributed by atoms with E-state index in [-0.39, 0.29) is 35.4 Å². The van der Waals surface area contributed by atoms with Crippen LogP contribution in [0.1, 0.15) is 29.0 Å². The second-order valence-corrected chi connectivity index (χ2v) is 4.84. The van der Waals surface area contributed by atoms with Crippen LogP contribution < -0.4 is 15.5 Å². The Morgan fingerprint density at radius 3 is 2.73 bits per heavy atom. The van der Waals surface area contributed by atoms with Gasteiger partial charge in [-0.05, 0) is 19.4 Å². The van der Waals surface area contributed by atoms with Crippen molar-refractivity contribution in [1.82, 2.24) is 10.0 Å². The van der Waals surface area contributed by atoms with Crippen molar-refractivity contribution in [3.8, 4) is 0 Å². The molecule has 8 heteroatoms.